The van der Waals surface area contributed by atoms with E-state index in [2.05, 4.69) is 0 Å². The quantitative estimate of drug-likeness (QED) is 0.566. The Morgan fingerprint density at radius 1 is 1.00 bits per heavy atom. The highest BCUT2D eigenvalue weighted by atomic mass is 32.2. The average molecular weight is 226 g/mol. The number of rotatable bonds is 0. The Bertz CT molecular complexity index is 204. The van der Waals surface area contributed by atoms with Gasteiger partial charge in [0.2, 0.25) is 0 Å². The van der Waals surface area contributed by atoms with Gasteiger partial charge >= 0.3 is 11.4 Å². The molecule has 1 unspecified atom stereocenters. The zero-order valence-corrected chi connectivity index (χ0v) is 8.53. The number of hydrogen-bond donors (Lipinski definition) is 0. The summed E-state index contributed by atoms with van der Waals surface area (Å²) in [7, 11) is 0. The van der Waals surface area contributed by atoms with Gasteiger partial charge in [0.25, 0.3) is 0 Å². The van der Waals surface area contributed by atoms with Crippen LogP contribution < -0.4 is 0 Å². The van der Waals surface area contributed by atoms with Gasteiger partial charge in [0.15, 0.2) is 11.1 Å². The van der Waals surface area contributed by atoms with Crippen molar-refractivity contribution < 1.29 is 21.0 Å². The first-order valence-corrected chi connectivity index (χ1v) is 6.15. The van der Waals surface area contributed by atoms with Gasteiger partial charge in [-0.25, -0.2) is 4.21 Å². The van der Waals surface area contributed by atoms with Gasteiger partial charge in [0.1, 0.15) is 0 Å². The topological polar surface area (TPSA) is 61.8 Å². The van der Waals surface area contributed by atoms with Crippen molar-refractivity contribution in [1.82, 2.24) is 0 Å². The molecule has 5 nitrogen and oxygen atoms in total. The lowest BCUT2D eigenvalue weighted by molar-refractivity contribution is -0.00323. The Morgan fingerprint density at radius 2 is 1.62 bits per heavy atom. The minimum Gasteiger partial charge on any atom is -0.290 e. The molecule has 2 saturated heterocycles. The van der Waals surface area contributed by atoms with Crippen molar-refractivity contribution in [2.45, 2.75) is 6.42 Å². The molecule has 13 heavy (non-hydrogen) atoms. The van der Waals surface area contributed by atoms with Crippen LogP contribution in [0.3, 0.4) is 0 Å². The molecule has 2 heterocycles. The molecule has 0 aromatic carbocycles. The fourth-order valence-electron chi connectivity index (χ4n) is 1.27. The Morgan fingerprint density at radius 3 is 2.15 bits per heavy atom. The monoisotopic (exact) mass is 226 g/mol. The van der Waals surface area contributed by atoms with Gasteiger partial charge < -0.3 is 0 Å². The third kappa shape index (κ3) is 2.16. The second kappa shape index (κ2) is 3.74. The summed E-state index contributed by atoms with van der Waals surface area (Å²) in [6.07, 6.45) is 0.733. The molecule has 0 bridgehead atoms. The lowest BCUT2D eigenvalue weighted by Crippen LogP contribution is -2.45. The van der Waals surface area contributed by atoms with Gasteiger partial charge in [0, 0.05) is 5.41 Å². The first kappa shape index (κ1) is 9.72. The van der Waals surface area contributed by atoms with Crippen LogP contribution in [-0.2, 0) is 35.0 Å². The zero-order valence-electron chi connectivity index (χ0n) is 6.89. The first-order chi connectivity index (χ1) is 6.20. The van der Waals surface area contributed by atoms with Gasteiger partial charge in [-0.3, -0.25) is 12.5 Å². The van der Waals surface area contributed by atoms with Crippen molar-refractivity contribution in [3.63, 3.8) is 0 Å². The molecule has 2 rings (SSSR count). The summed E-state index contributed by atoms with van der Waals surface area (Å²) in [5.41, 5.74) is -0.234. The molecule has 0 aromatic heterocycles. The van der Waals surface area contributed by atoms with Crippen LogP contribution in [0, 0.1) is 5.41 Å². The Kier molecular flexibility index (Phi) is 2.80. The fourth-order valence-corrected chi connectivity index (χ4v) is 3.13. The summed E-state index contributed by atoms with van der Waals surface area (Å²) < 4.78 is 36.4. The number of hydrogen-bond acceptors (Lipinski definition) is 5. The van der Waals surface area contributed by atoms with Crippen molar-refractivity contribution in [3.8, 4) is 0 Å². The maximum absolute atomic E-state index is 10.9. The lowest BCUT2D eigenvalue weighted by atomic mass is 9.88. The van der Waals surface area contributed by atoms with E-state index in [0.717, 1.165) is 6.42 Å². The minimum atomic E-state index is -1.61. The molecule has 76 valence electrons. The summed E-state index contributed by atoms with van der Waals surface area (Å²) in [5.74, 6) is 0.499. The predicted octanol–water partition coefficient (Wildman–Crippen LogP) is -0.318. The maximum atomic E-state index is 10.9. The van der Waals surface area contributed by atoms with Gasteiger partial charge in [-0.2, -0.15) is 4.21 Å². The van der Waals surface area contributed by atoms with Crippen LogP contribution in [0.1, 0.15) is 6.42 Å². The van der Waals surface area contributed by atoms with Gasteiger partial charge in [0.05, 0.1) is 25.6 Å². The molecule has 7 heteroatoms. The molecule has 2 aliphatic rings. The molecular formula is C6H10O5S2. The summed E-state index contributed by atoms with van der Waals surface area (Å²) in [5, 5.41) is 0. The van der Waals surface area contributed by atoms with Crippen molar-refractivity contribution in [2.24, 2.45) is 5.41 Å². The second-order valence-electron chi connectivity index (χ2n) is 3.25. The summed E-state index contributed by atoms with van der Waals surface area (Å²) >= 11 is -2.77. The third-order valence-corrected chi connectivity index (χ3v) is 3.76. The molecule has 0 aromatic rings. The predicted molar refractivity (Wildman–Crippen MR) is 46.1 cm³/mol. The molecule has 1 spiro atoms. The van der Waals surface area contributed by atoms with Crippen molar-refractivity contribution in [3.05, 3.63) is 0 Å². The molecule has 0 N–H and O–H groups in total. The Hall–Kier alpha value is 0.180. The van der Waals surface area contributed by atoms with Crippen molar-refractivity contribution in [2.75, 3.05) is 25.6 Å². The Balaban J connectivity index is 1.98. The van der Waals surface area contributed by atoms with Crippen LogP contribution in [0.15, 0.2) is 0 Å². The smallest absolute Gasteiger partial charge is 0.290 e. The van der Waals surface area contributed by atoms with Gasteiger partial charge in [-0.15, -0.1) is 0 Å². The SMILES string of the molecule is O=S1CCC2(CO1)COS(=O)OC2. The minimum absolute atomic E-state index is 0.234. The molecule has 0 radical (unpaired) electrons. The van der Waals surface area contributed by atoms with Crippen LogP contribution in [0.25, 0.3) is 0 Å². The highest BCUT2D eigenvalue weighted by Gasteiger charge is 2.40. The van der Waals surface area contributed by atoms with Crippen LogP contribution in [0.5, 0.6) is 0 Å². The van der Waals surface area contributed by atoms with Crippen LogP contribution in [0.2, 0.25) is 0 Å². The normalized spacial score (nSPS) is 46.5. The van der Waals surface area contributed by atoms with E-state index in [0.29, 0.717) is 25.6 Å². The summed E-state index contributed by atoms with van der Waals surface area (Å²) in [4.78, 5) is 0. The zero-order chi connectivity index (χ0) is 9.31. The maximum Gasteiger partial charge on any atom is 0.304 e. The molecule has 2 fully saturated rings. The van der Waals surface area contributed by atoms with E-state index in [-0.39, 0.29) is 5.41 Å². The van der Waals surface area contributed by atoms with E-state index in [9.17, 15) is 8.42 Å². The molecule has 0 aliphatic carbocycles. The van der Waals surface area contributed by atoms with Crippen molar-refractivity contribution in [1.29, 1.82) is 0 Å². The molecule has 0 amide bonds. The van der Waals surface area contributed by atoms with Crippen molar-refractivity contribution >= 4 is 22.4 Å². The van der Waals surface area contributed by atoms with Crippen LogP contribution >= 0.6 is 0 Å². The largest absolute Gasteiger partial charge is 0.304 e. The summed E-state index contributed by atoms with van der Waals surface area (Å²) in [6, 6.07) is 0. The Labute approximate surface area is 81.3 Å². The first-order valence-electron chi connectivity index (χ1n) is 3.90. The van der Waals surface area contributed by atoms with E-state index < -0.39 is 22.4 Å². The standard InChI is InChI=1S/C6H10O5S2/c7-12-2-1-6(3-9-12)4-10-13(8)11-5-6/h1-5H2. The fraction of sp³-hybridized carbons (Fsp3) is 1.00. The van der Waals surface area contributed by atoms with E-state index >= 15 is 0 Å². The van der Waals surface area contributed by atoms with E-state index in [1.165, 1.54) is 0 Å². The van der Waals surface area contributed by atoms with E-state index in [4.69, 9.17) is 12.5 Å². The molecule has 0 saturated carbocycles. The molecule has 2 aliphatic heterocycles. The lowest BCUT2D eigenvalue weighted by Gasteiger charge is -2.37. The van der Waals surface area contributed by atoms with Crippen LogP contribution in [0.4, 0.5) is 0 Å². The molecule has 1 atom stereocenters. The van der Waals surface area contributed by atoms with E-state index in [1.54, 1.807) is 0 Å². The third-order valence-electron chi connectivity index (χ3n) is 2.22. The molecular weight excluding hydrogens is 216 g/mol. The van der Waals surface area contributed by atoms with E-state index in [1.807, 2.05) is 0 Å². The highest BCUT2D eigenvalue weighted by Crippen LogP contribution is 2.32. The average Bonchev–Trinajstić information content (AvgIpc) is 2.16. The van der Waals surface area contributed by atoms with Gasteiger partial charge in [-0.1, -0.05) is 0 Å². The second-order valence-corrected chi connectivity index (χ2v) is 5.38. The van der Waals surface area contributed by atoms with Gasteiger partial charge in [-0.05, 0) is 6.42 Å². The summed E-state index contributed by atoms with van der Waals surface area (Å²) in [6.45, 7) is 1.07. The highest BCUT2D eigenvalue weighted by molar-refractivity contribution is 7.80. The van der Waals surface area contributed by atoms with Crippen LogP contribution in [-0.4, -0.2) is 34.0 Å².